The van der Waals surface area contributed by atoms with E-state index in [1.807, 2.05) is 25.1 Å². The van der Waals surface area contributed by atoms with E-state index in [2.05, 4.69) is 11.4 Å². The summed E-state index contributed by atoms with van der Waals surface area (Å²) in [5.41, 5.74) is 1.20. The van der Waals surface area contributed by atoms with Crippen molar-refractivity contribution in [3.05, 3.63) is 29.8 Å². The lowest BCUT2D eigenvalue weighted by Crippen LogP contribution is -2.42. The molecule has 4 heteroatoms. The molecule has 0 saturated heterocycles. The molecule has 1 heterocycles. The second-order valence-electron chi connectivity index (χ2n) is 4.28. The Labute approximate surface area is 107 Å². The summed E-state index contributed by atoms with van der Waals surface area (Å²) in [5, 5.41) is 3.18. The molecule has 98 valence electrons. The average Bonchev–Trinajstić information content (AvgIpc) is 2.49. The van der Waals surface area contributed by atoms with Gasteiger partial charge in [-0.15, -0.1) is 0 Å². The zero-order valence-electron chi connectivity index (χ0n) is 10.6. The van der Waals surface area contributed by atoms with Gasteiger partial charge in [-0.05, 0) is 37.9 Å². The highest BCUT2D eigenvalue weighted by Crippen LogP contribution is 2.20. The second kappa shape index (κ2) is 6.40. The largest absolute Gasteiger partial charge is 0.491 e. The Hall–Kier alpha value is -1.55. The molecule has 0 spiro atoms. The highest BCUT2D eigenvalue weighted by molar-refractivity contribution is 5.76. The Kier molecular flexibility index (Phi) is 4.59. The smallest absolute Gasteiger partial charge is 0.326 e. The maximum absolute atomic E-state index is 11.7. The molecule has 1 aromatic carbocycles. The van der Waals surface area contributed by atoms with Crippen molar-refractivity contribution in [3.8, 4) is 5.75 Å². The number of fused-ring (bicyclic) bond motifs is 1. The maximum Gasteiger partial charge on any atom is 0.326 e. The van der Waals surface area contributed by atoms with E-state index >= 15 is 0 Å². The van der Waals surface area contributed by atoms with Crippen LogP contribution in [0.1, 0.15) is 18.9 Å². The molecule has 1 aliphatic heterocycles. The second-order valence-corrected chi connectivity index (χ2v) is 4.28. The topological polar surface area (TPSA) is 47.6 Å². The van der Waals surface area contributed by atoms with Gasteiger partial charge in [0.05, 0.1) is 6.61 Å². The molecule has 1 aromatic rings. The normalized spacial score (nSPS) is 19.7. The maximum atomic E-state index is 11.7. The van der Waals surface area contributed by atoms with Gasteiger partial charge in [0.15, 0.2) is 0 Å². The van der Waals surface area contributed by atoms with E-state index in [-0.39, 0.29) is 12.0 Å². The first-order valence-corrected chi connectivity index (χ1v) is 6.42. The van der Waals surface area contributed by atoms with Crippen LogP contribution in [0.2, 0.25) is 0 Å². The van der Waals surface area contributed by atoms with Gasteiger partial charge in [0.2, 0.25) is 0 Å². The number of esters is 1. The molecule has 0 aliphatic carbocycles. The predicted molar refractivity (Wildman–Crippen MR) is 68.7 cm³/mol. The van der Waals surface area contributed by atoms with Crippen molar-refractivity contribution in [2.24, 2.45) is 0 Å². The van der Waals surface area contributed by atoms with E-state index in [0.717, 1.165) is 25.1 Å². The highest BCUT2D eigenvalue weighted by atomic mass is 16.5. The number of hydrogen-bond acceptors (Lipinski definition) is 4. The van der Waals surface area contributed by atoms with Crippen LogP contribution >= 0.6 is 0 Å². The molecule has 0 amide bonds. The first-order valence-electron chi connectivity index (χ1n) is 6.42. The number of hydrogen-bond donors (Lipinski definition) is 1. The van der Waals surface area contributed by atoms with Gasteiger partial charge >= 0.3 is 5.97 Å². The summed E-state index contributed by atoms with van der Waals surface area (Å²) in [5.74, 6) is 0.632. The van der Waals surface area contributed by atoms with Gasteiger partial charge in [-0.1, -0.05) is 18.2 Å². The fourth-order valence-corrected chi connectivity index (χ4v) is 2.03. The van der Waals surface area contributed by atoms with Gasteiger partial charge in [-0.2, -0.15) is 0 Å². The monoisotopic (exact) mass is 249 g/mol. The summed E-state index contributed by atoms with van der Waals surface area (Å²) in [6.45, 7) is 3.31. The van der Waals surface area contributed by atoms with Crippen LogP contribution in [0.3, 0.4) is 0 Å². The zero-order chi connectivity index (χ0) is 12.8. The minimum Gasteiger partial charge on any atom is -0.491 e. The standard InChI is InChI=1S/C14H19NO3/c1-2-17-14(16)12-10-18-13-8-4-3-6-11(13)7-5-9-15-12/h3-4,6,8,12,15H,2,5,7,9-10H2,1H3. The minimum atomic E-state index is -0.379. The summed E-state index contributed by atoms with van der Waals surface area (Å²) in [6.07, 6.45) is 1.94. The van der Waals surface area contributed by atoms with Crippen molar-refractivity contribution < 1.29 is 14.3 Å². The van der Waals surface area contributed by atoms with Crippen molar-refractivity contribution in [1.29, 1.82) is 0 Å². The van der Waals surface area contributed by atoms with Gasteiger partial charge in [-0.3, -0.25) is 4.79 Å². The molecule has 4 nitrogen and oxygen atoms in total. The summed E-state index contributed by atoms with van der Waals surface area (Å²) in [6, 6.07) is 7.60. The van der Waals surface area contributed by atoms with E-state index in [0.29, 0.717) is 13.2 Å². The lowest BCUT2D eigenvalue weighted by atomic mass is 10.1. The molecule has 18 heavy (non-hydrogen) atoms. The molecular formula is C14H19NO3. The molecule has 0 saturated carbocycles. The van der Waals surface area contributed by atoms with Crippen LogP contribution in [0.5, 0.6) is 5.75 Å². The first-order chi connectivity index (χ1) is 8.81. The van der Waals surface area contributed by atoms with Crippen LogP contribution in [0.25, 0.3) is 0 Å². The van der Waals surface area contributed by atoms with Gasteiger partial charge in [-0.25, -0.2) is 0 Å². The van der Waals surface area contributed by atoms with E-state index in [9.17, 15) is 4.79 Å². The minimum absolute atomic E-state index is 0.239. The molecule has 0 aromatic heterocycles. The Balaban J connectivity index is 2.06. The van der Waals surface area contributed by atoms with Gasteiger partial charge in [0.25, 0.3) is 0 Å². The quantitative estimate of drug-likeness (QED) is 0.808. The molecular weight excluding hydrogens is 230 g/mol. The van der Waals surface area contributed by atoms with Crippen LogP contribution in [-0.2, 0) is 16.0 Å². The Morgan fingerprint density at radius 1 is 1.50 bits per heavy atom. The van der Waals surface area contributed by atoms with E-state index in [4.69, 9.17) is 9.47 Å². The van der Waals surface area contributed by atoms with E-state index in [1.165, 1.54) is 5.56 Å². The Morgan fingerprint density at radius 3 is 3.17 bits per heavy atom. The third-order valence-electron chi connectivity index (χ3n) is 2.96. The summed E-state index contributed by atoms with van der Waals surface area (Å²) < 4.78 is 10.8. The third-order valence-corrected chi connectivity index (χ3v) is 2.96. The van der Waals surface area contributed by atoms with Crippen LogP contribution in [0.4, 0.5) is 0 Å². The average molecular weight is 249 g/mol. The van der Waals surface area contributed by atoms with Gasteiger partial charge < -0.3 is 14.8 Å². The number of nitrogens with one attached hydrogen (secondary N) is 1. The lowest BCUT2D eigenvalue weighted by Gasteiger charge is -2.16. The molecule has 2 rings (SSSR count). The van der Waals surface area contributed by atoms with Crippen LogP contribution in [-0.4, -0.2) is 31.8 Å². The van der Waals surface area contributed by atoms with Crippen LogP contribution in [0, 0.1) is 0 Å². The van der Waals surface area contributed by atoms with E-state index < -0.39 is 0 Å². The number of ether oxygens (including phenoxy) is 2. The van der Waals surface area contributed by atoms with Crippen molar-refractivity contribution in [3.63, 3.8) is 0 Å². The summed E-state index contributed by atoms with van der Waals surface area (Å²) in [4.78, 5) is 11.7. The number of carbonyl (C=O) groups excluding carboxylic acids is 1. The number of rotatable bonds is 2. The number of para-hydroxylation sites is 1. The van der Waals surface area contributed by atoms with Crippen molar-refractivity contribution >= 4 is 5.97 Å². The zero-order valence-corrected chi connectivity index (χ0v) is 10.6. The predicted octanol–water partition coefficient (Wildman–Crippen LogP) is 1.53. The Bertz CT molecular complexity index is 406. The van der Waals surface area contributed by atoms with Gasteiger partial charge in [0, 0.05) is 0 Å². The molecule has 0 radical (unpaired) electrons. The molecule has 1 aliphatic rings. The molecule has 0 bridgehead atoms. The fraction of sp³-hybridized carbons (Fsp3) is 0.500. The first kappa shape index (κ1) is 12.9. The van der Waals surface area contributed by atoms with Crippen LogP contribution in [0.15, 0.2) is 24.3 Å². The number of aryl methyl sites for hydroxylation is 1. The summed E-state index contributed by atoms with van der Waals surface area (Å²) in [7, 11) is 0. The molecule has 1 unspecified atom stereocenters. The number of benzene rings is 1. The number of carbonyl (C=O) groups is 1. The summed E-state index contributed by atoms with van der Waals surface area (Å²) >= 11 is 0. The van der Waals surface area contributed by atoms with E-state index in [1.54, 1.807) is 0 Å². The van der Waals surface area contributed by atoms with Gasteiger partial charge in [0.1, 0.15) is 18.4 Å². The SMILES string of the molecule is CCOC(=O)C1COc2ccccc2CCCN1. The van der Waals surface area contributed by atoms with Crippen molar-refractivity contribution in [2.45, 2.75) is 25.8 Å². The van der Waals surface area contributed by atoms with Crippen molar-refractivity contribution in [2.75, 3.05) is 19.8 Å². The highest BCUT2D eigenvalue weighted by Gasteiger charge is 2.21. The molecule has 0 fully saturated rings. The fourth-order valence-electron chi connectivity index (χ4n) is 2.03. The third kappa shape index (κ3) is 3.23. The lowest BCUT2D eigenvalue weighted by molar-refractivity contribution is -0.146. The molecule has 1 N–H and O–H groups in total. The Morgan fingerprint density at radius 2 is 2.33 bits per heavy atom. The van der Waals surface area contributed by atoms with Crippen LogP contribution < -0.4 is 10.1 Å². The molecule has 1 atom stereocenters. The van der Waals surface area contributed by atoms with Crippen molar-refractivity contribution in [1.82, 2.24) is 5.32 Å².